The van der Waals surface area contributed by atoms with Crippen molar-refractivity contribution in [2.75, 3.05) is 7.05 Å². The fraction of sp³-hybridized carbons (Fsp3) is 0.333. The van der Waals surface area contributed by atoms with Gasteiger partial charge in [-0.25, -0.2) is 0 Å². The Kier molecular flexibility index (Phi) is 4.86. The molecule has 0 spiro atoms. The number of furan rings is 1. The predicted molar refractivity (Wildman–Crippen MR) is 36.7 cm³/mol. The van der Waals surface area contributed by atoms with Gasteiger partial charge in [-0.2, -0.15) is 0 Å². The molecular weight excluding hydrogens is 116 g/mol. The Bertz CT molecular complexity index is 126. The second kappa shape index (κ2) is 5.34. The van der Waals surface area contributed by atoms with Crippen molar-refractivity contribution in [2.45, 2.75) is 6.54 Å². The monoisotopic (exact) mass is 128 g/mol. The number of nitrogens with two attached hydrogens (primary N) is 2. The maximum absolute atomic E-state index is 5.20. The Morgan fingerprint density at radius 2 is 2.22 bits per heavy atom. The first-order valence-electron chi connectivity index (χ1n) is 2.73. The maximum atomic E-state index is 5.20. The minimum absolute atomic E-state index is 0.493. The molecule has 0 atom stereocenters. The second-order valence-corrected chi connectivity index (χ2v) is 1.28. The van der Waals surface area contributed by atoms with Crippen LogP contribution in [-0.4, -0.2) is 7.05 Å². The SMILES string of the molecule is CN.NCc1ccco1. The second-order valence-electron chi connectivity index (χ2n) is 1.28. The third-order valence-electron chi connectivity index (χ3n) is 0.781. The van der Waals surface area contributed by atoms with Crippen LogP contribution < -0.4 is 11.5 Å². The van der Waals surface area contributed by atoms with Crippen molar-refractivity contribution in [1.82, 2.24) is 0 Å². The Labute approximate surface area is 54.6 Å². The van der Waals surface area contributed by atoms with Crippen LogP contribution in [0.25, 0.3) is 0 Å². The fourth-order valence-electron chi connectivity index (χ4n) is 0.429. The molecule has 0 aromatic carbocycles. The van der Waals surface area contributed by atoms with Crippen molar-refractivity contribution in [3.05, 3.63) is 24.2 Å². The average molecular weight is 128 g/mol. The number of hydrogen-bond donors (Lipinski definition) is 2. The van der Waals surface area contributed by atoms with E-state index in [1.54, 1.807) is 6.26 Å². The van der Waals surface area contributed by atoms with Crippen molar-refractivity contribution in [3.63, 3.8) is 0 Å². The molecule has 1 rings (SSSR count). The molecule has 1 aromatic rings. The minimum Gasteiger partial charge on any atom is -0.468 e. The summed E-state index contributed by atoms with van der Waals surface area (Å²) in [5, 5.41) is 0. The molecule has 0 bridgehead atoms. The van der Waals surface area contributed by atoms with Crippen LogP contribution in [0.1, 0.15) is 5.76 Å². The summed E-state index contributed by atoms with van der Waals surface area (Å²) in [6, 6.07) is 3.67. The summed E-state index contributed by atoms with van der Waals surface area (Å²) in [6.45, 7) is 0.493. The molecule has 3 nitrogen and oxygen atoms in total. The first-order valence-corrected chi connectivity index (χ1v) is 2.73. The highest BCUT2D eigenvalue weighted by molar-refractivity contribution is 4.96. The zero-order valence-electron chi connectivity index (χ0n) is 5.50. The zero-order chi connectivity index (χ0) is 7.11. The lowest BCUT2D eigenvalue weighted by molar-refractivity contribution is 0.512. The number of rotatable bonds is 1. The lowest BCUT2D eigenvalue weighted by Gasteiger charge is -1.80. The first-order chi connectivity index (χ1) is 4.43. The van der Waals surface area contributed by atoms with Crippen LogP contribution in [0, 0.1) is 0 Å². The van der Waals surface area contributed by atoms with Crippen LogP contribution in [0.3, 0.4) is 0 Å². The van der Waals surface area contributed by atoms with Gasteiger partial charge in [-0.05, 0) is 19.2 Å². The van der Waals surface area contributed by atoms with Crippen LogP contribution in [0.15, 0.2) is 22.8 Å². The van der Waals surface area contributed by atoms with E-state index in [1.807, 2.05) is 12.1 Å². The summed E-state index contributed by atoms with van der Waals surface area (Å²) in [7, 11) is 1.50. The Morgan fingerprint density at radius 1 is 1.56 bits per heavy atom. The normalized spacial score (nSPS) is 7.89. The Morgan fingerprint density at radius 3 is 2.44 bits per heavy atom. The van der Waals surface area contributed by atoms with E-state index in [2.05, 4.69) is 5.73 Å². The Balaban J connectivity index is 0.000000291. The largest absolute Gasteiger partial charge is 0.468 e. The van der Waals surface area contributed by atoms with Crippen molar-refractivity contribution in [2.24, 2.45) is 11.5 Å². The molecule has 1 aromatic heterocycles. The lowest BCUT2D eigenvalue weighted by Crippen LogP contribution is -1.92. The van der Waals surface area contributed by atoms with Gasteiger partial charge in [0, 0.05) is 0 Å². The van der Waals surface area contributed by atoms with Gasteiger partial charge < -0.3 is 15.9 Å². The van der Waals surface area contributed by atoms with Crippen molar-refractivity contribution >= 4 is 0 Å². The van der Waals surface area contributed by atoms with E-state index in [4.69, 9.17) is 10.2 Å². The van der Waals surface area contributed by atoms with Gasteiger partial charge in [-0.15, -0.1) is 0 Å². The van der Waals surface area contributed by atoms with Gasteiger partial charge in [-0.1, -0.05) is 0 Å². The lowest BCUT2D eigenvalue weighted by atomic mass is 10.5. The smallest absolute Gasteiger partial charge is 0.117 e. The molecule has 0 saturated carbocycles. The van der Waals surface area contributed by atoms with Crippen molar-refractivity contribution in [3.8, 4) is 0 Å². The molecule has 52 valence electrons. The quantitative estimate of drug-likeness (QED) is 0.572. The third kappa shape index (κ3) is 2.90. The van der Waals surface area contributed by atoms with Crippen LogP contribution in [0.5, 0.6) is 0 Å². The first kappa shape index (κ1) is 8.20. The average Bonchev–Trinajstić information content (AvgIpc) is 2.43. The van der Waals surface area contributed by atoms with E-state index in [0.717, 1.165) is 5.76 Å². The minimum atomic E-state index is 0.493. The molecule has 1 heterocycles. The zero-order valence-corrected chi connectivity index (χ0v) is 5.50. The highest BCUT2D eigenvalue weighted by Gasteiger charge is 1.84. The molecule has 0 aliphatic heterocycles. The summed E-state index contributed by atoms with van der Waals surface area (Å²) in [4.78, 5) is 0. The molecular formula is C6H12N2O. The van der Waals surface area contributed by atoms with Gasteiger partial charge >= 0.3 is 0 Å². The van der Waals surface area contributed by atoms with Gasteiger partial charge in [-0.3, -0.25) is 0 Å². The molecule has 0 radical (unpaired) electrons. The van der Waals surface area contributed by atoms with Crippen LogP contribution in [-0.2, 0) is 6.54 Å². The summed E-state index contributed by atoms with van der Waals surface area (Å²) in [6.07, 6.45) is 1.61. The molecule has 0 aliphatic carbocycles. The van der Waals surface area contributed by atoms with E-state index < -0.39 is 0 Å². The topological polar surface area (TPSA) is 65.2 Å². The van der Waals surface area contributed by atoms with Crippen molar-refractivity contribution in [1.29, 1.82) is 0 Å². The summed E-state index contributed by atoms with van der Waals surface area (Å²) < 4.78 is 4.86. The van der Waals surface area contributed by atoms with Crippen molar-refractivity contribution < 1.29 is 4.42 Å². The van der Waals surface area contributed by atoms with Crippen LogP contribution in [0.2, 0.25) is 0 Å². The molecule has 3 heteroatoms. The molecule has 0 unspecified atom stereocenters. The van der Waals surface area contributed by atoms with E-state index in [-0.39, 0.29) is 0 Å². The van der Waals surface area contributed by atoms with Crippen LogP contribution in [0.4, 0.5) is 0 Å². The summed E-state index contributed by atoms with van der Waals surface area (Å²) in [5.41, 5.74) is 9.70. The van der Waals surface area contributed by atoms with Gasteiger partial charge in [0.25, 0.3) is 0 Å². The number of hydrogen-bond acceptors (Lipinski definition) is 3. The maximum Gasteiger partial charge on any atom is 0.117 e. The molecule has 0 amide bonds. The molecule has 9 heavy (non-hydrogen) atoms. The third-order valence-corrected chi connectivity index (χ3v) is 0.781. The predicted octanol–water partition coefficient (Wildman–Crippen LogP) is 0.313. The van der Waals surface area contributed by atoms with Gasteiger partial charge in [0.05, 0.1) is 12.8 Å². The molecule has 4 N–H and O–H groups in total. The van der Waals surface area contributed by atoms with E-state index in [9.17, 15) is 0 Å². The summed E-state index contributed by atoms with van der Waals surface area (Å²) in [5.74, 6) is 0.833. The van der Waals surface area contributed by atoms with Gasteiger partial charge in [0.2, 0.25) is 0 Å². The van der Waals surface area contributed by atoms with Gasteiger partial charge in [0.15, 0.2) is 0 Å². The molecule has 0 aliphatic rings. The summed E-state index contributed by atoms with van der Waals surface area (Å²) >= 11 is 0. The fourth-order valence-corrected chi connectivity index (χ4v) is 0.429. The van der Waals surface area contributed by atoms with E-state index in [1.165, 1.54) is 7.05 Å². The molecule has 0 saturated heterocycles. The van der Waals surface area contributed by atoms with Crippen LogP contribution >= 0.6 is 0 Å². The highest BCUT2D eigenvalue weighted by atomic mass is 16.3. The van der Waals surface area contributed by atoms with E-state index >= 15 is 0 Å². The van der Waals surface area contributed by atoms with Gasteiger partial charge in [0.1, 0.15) is 5.76 Å². The Hall–Kier alpha value is -0.800. The standard InChI is InChI=1S/C5H7NO.CH5N/c6-4-5-2-1-3-7-5;1-2/h1-3H,4,6H2;2H2,1H3. The van der Waals surface area contributed by atoms with E-state index in [0.29, 0.717) is 6.54 Å². The molecule has 0 fully saturated rings. The highest BCUT2D eigenvalue weighted by Crippen LogP contribution is 1.95.